The van der Waals surface area contributed by atoms with Gasteiger partial charge in [0.2, 0.25) is 5.95 Å². The second-order valence-electron chi connectivity index (χ2n) is 8.06. The molecule has 4 aromatic rings. The molecule has 3 heterocycles. The Morgan fingerprint density at radius 2 is 1.94 bits per heavy atom. The fraction of sp³-hybridized carbons (Fsp3) is 0.182. The quantitative estimate of drug-likeness (QED) is 0.435. The zero-order chi connectivity index (χ0) is 25.1. The number of nitrogen functional groups attached to an aromatic ring is 2. The van der Waals surface area contributed by atoms with Crippen LogP contribution in [-0.4, -0.2) is 31.6 Å². The van der Waals surface area contributed by atoms with Gasteiger partial charge in [-0.2, -0.15) is 15.2 Å². The summed E-state index contributed by atoms with van der Waals surface area (Å²) in [5.41, 5.74) is 9.72. The highest BCUT2D eigenvalue weighted by molar-refractivity contribution is 6.35. The maximum absolute atomic E-state index is 14.8. The van der Waals surface area contributed by atoms with E-state index in [1.165, 1.54) is 12.3 Å². The predicted octanol–water partition coefficient (Wildman–Crippen LogP) is 2.66. The van der Waals surface area contributed by atoms with Gasteiger partial charge in [-0.25, -0.2) is 13.8 Å². The Balaban J connectivity index is 1.85. The number of halogens is 3. The van der Waals surface area contributed by atoms with Crippen LogP contribution in [0.25, 0.3) is 16.6 Å². The highest BCUT2D eigenvalue weighted by atomic mass is 35.5. The highest BCUT2D eigenvalue weighted by Crippen LogP contribution is 2.52. The van der Waals surface area contributed by atoms with E-state index in [4.69, 9.17) is 23.1 Å². The molecule has 1 aromatic carbocycles. The average Bonchev–Trinajstić information content (AvgIpc) is 3.62. The first kappa shape index (κ1) is 22.4. The molecule has 1 fully saturated rings. The summed E-state index contributed by atoms with van der Waals surface area (Å²) in [6.45, 7) is 0. The molecule has 0 aliphatic heterocycles. The molecule has 0 unspecified atom stereocenters. The van der Waals surface area contributed by atoms with Gasteiger partial charge in [-0.15, -0.1) is 0 Å². The molecule has 35 heavy (non-hydrogen) atoms. The minimum Gasteiger partial charge on any atom is -0.382 e. The van der Waals surface area contributed by atoms with Crippen molar-refractivity contribution in [1.82, 2.24) is 24.5 Å². The minimum absolute atomic E-state index is 0.00937. The molecule has 0 atom stereocenters. The van der Waals surface area contributed by atoms with Crippen LogP contribution < -0.4 is 21.9 Å². The molecule has 3 aromatic heterocycles. The van der Waals surface area contributed by atoms with Crippen LogP contribution in [0.2, 0.25) is 5.02 Å². The Bertz CT molecular complexity index is 1630. The molecule has 176 valence electrons. The van der Waals surface area contributed by atoms with Crippen molar-refractivity contribution in [3.05, 3.63) is 69.0 Å². The smallest absolute Gasteiger partial charge is 0.267 e. The molecule has 13 heteroatoms. The van der Waals surface area contributed by atoms with E-state index < -0.39 is 22.7 Å². The lowest BCUT2D eigenvalue weighted by Crippen LogP contribution is -2.39. The van der Waals surface area contributed by atoms with E-state index >= 15 is 0 Å². The number of rotatable bonds is 4. The van der Waals surface area contributed by atoms with Gasteiger partial charge in [0.25, 0.3) is 5.56 Å². The second-order valence-corrected chi connectivity index (χ2v) is 8.47. The normalized spacial score (nSPS) is 14.0. The third kappa shape index (κ3) is 3.39. The van der Waals surface area contributed by atoms with E-state index in [1.54, 1.807) is 11.9 Å². The summed E-state index contributed by atoms with van der Waals surface area (Å²) in [7, 11) is 1.62. The fourth-order valence-corrected chi connectivity index (χ4v) is 4.39. The number of nitrogens with two attached hydrogens (primary N) is 2. The summed E-state index contributed by atoms with van der Waals surface area (Å²) in [5.74, 6) is -1.51. The van der Waals surface area contributed by atoms with Crippen molar-refractivity contribution in [2.45, 2.75) is 18.4 Å². The van der Waals surface area contributed by atoms with Gasteiger partial charge < -0.3 is 16.4 Å². The van der Waals surface area contributed by atoms with Crippen LogP contribution in [0.4, 0.5) is 26.4 Å². The largest absolute Gasteiger partial charge is 0.382 e. The number of nitrogens with zero attached hydrogens (tertiary/aromatic N) is 7. The molecule has 0 bridgehead atoms. The van der Waals surface area contributed by atoms with Crippen LogP contribution in [0.3, 0.4) is 0 Å². The van der Waals surface area contributed by atoms with E-state index in [0.717, 1.165) is 22.9 Å². The summed E-state index contributed by atoms with van der Waals surface area (Å²) < 4.78 is 30.1. The Morgan fingerprint density at radius 1 is 1.20 bits per heavy atom. The molecule has 10 nitrogen and oxygen atoms in total. The summed E-state index contributed by atoms with van der Waals surface area (Å²) >= 11 is 6.24. The first-order valence-electron chi connectivity index (χ1n) is 10.3. The third-order valence-electron chi connectivity index (χ3n) is 6.02. The molecule has 1 saturated carbocycles. The van der Waals surface area contributed by atoms with Crippen LogP contribution in [-0.2, 0) is 5.54 Å². The number of anilines is 3. The molecule has 0 spiro atoms. The maximum Gasteiger partial charge on any atom is 0.267 e. The number of pyridine rings is 1. The van der Waals surface area contributed by atoms with Crippen LogP contribution in [0, 0.1) is 23.0 Å². The van der Waals surface area contributed by atoms with E-state index in [1.807, 2.05) is 6.07 Å². The maximum atomic E-state index is 14.8. The lowest BCUT2D eigenvalue weighted by Gasteiger charge is -2.31. The topological polar surface area (TPSA) is 153 Å². The Morgan fingerprint density at radius 3 is 2.60 bits per heavy atom. The summed E-state index contributed by atoms with van der Waals surface area (Å²) in [6.07, 6.45) is 3.16. The minimum atomic E-state index is -1.03. The van der Waals surface area contributed by atoms with Crippen molar-refractivity contribution >= 4 is 40.1 Å². The number of fused-ring (bicyclic) bond motifs is 1. The van der Waals surface area contributed by atoms with Crippen molar-refractivity contribution in [3.63, 3.8) is 0 Å². The van der Waals surface area contributed by atoms with Crippen molar-refractivity contribution in [2.75, 3.05) is 23.4 Å². The molecule has 4 N–H and O–H groups in total. The van der Waals surface area contributed by atoms with Crippen molar-refractivity contribution in [3.8, 4) is 11.8 Å². The van der Waals surface area contributed by atoms with Crippen molar-refractivity contribution in [2.24, 2.45) is 0 Å². The molecule has 0 amide bonds. The van der Waals surface area contributed by atoms with Crippen molar-refractivity contribution in [1.29, 1.82) is 5.26 Å². The number of nitriles is 1. The lowest BCUT2D eigenvalue weighted by molar-refractivity contribution is 0.581. The number of hydrogen-bond acceptors (Lipinski definition) is 9. The van der Waals surface area contributed by atoms with Crippen LogP contribution in [0.1, 0.15) is 24.2 Å². The van der Waals surface area contributed by atoms with E-state index in [2.05, 4.69) is 19.9 Å². The zero-order valence-electron chi connectivity index (χ0n) is 18.1. The molecule has 5 rings (SSSR count). The summed E-state index contributed by atoms with van der Waals surface area (Å²) in [4.78, 5) is 31.6. The molecule has 0 radical (unpaired) electrons. The monoisotopic (exact) mass is 495 g/mol. The Labute approximate surface area is 201 Å². The number of hydrogen-bond donors (Lipinski definition) is 2. The van der Waals surface area contributed by atoms with Crippen LogP contribution >= 0.6 is 11.6 Å². The summed E-state index contributed by atoms with van der Waals surface area (Å²) in [5, 5.41) is 9.48. The van der Waals surface area contributed by atoms with Gasteiger partial charge in [-0.05, 0) is 25.0 Å². The van der Waals surface area contributed by atoms with Crippen molar-refractivity contribution < 1.29 is 8.78 Å². The number of benzene rings is 1. The van der Waals surface area contributed by atoms with Gasteiger partial charge in [-0.1, -0.05) is 11.6 Å². The molecular weight excluding hydrogens is 480 g/mol. The lowest BCUT2D eigenvalue weighted by atomic mass is 10.1. The van der Waals surface area contributed by atoms with Gasteiger partial charge in [0, 0.05) is 13.1 Å². The SMILES string of the molecule is CN(c1nc(N)nc(N)c1C#N)C1(c2nc3c(F)ccc(Cl)c3c(=O)n2-c2cncc(F)c2)CC1. The molecule has 0 saturated heterocycles. The predicted molar refractivity (Wildman–Crippen MR) is 125 cm³/mol. The van der Waals surface area contributed by atoms with Gasteiger partial charge in [-0.3, -0.25) is 14.3 Å². The first-order chi connectivity index (χ1) is 16.7. The van der Waals surface area contributed by atoms with Gasteiger partial charge in [0.05, 0.1) is 28.5 Å². The standard InChI is InChI=1S/C22H16ClF2N9O/c1-33(18-12(7-26)17(27)31-21(28)32-18)22(4-5-22)20-30-16-14(25)3-2-13(23)15(16)19(35)34(20)11-6-10(24)8-29-9-11/h2-3,6,8-9H,4-5H2,1H3,(H4,27,28,31,32). The Hall–Kier alpha value is -4.37. The zero-order valence-corrected chi connectivity index (χ0v) is 18.9. The van der Waals surface area contributed by atoms with Crippen LogP contribution in [0.5, 0.6) is 0 Å². The Kier molecular flexibility index (Phi) is 5.03. The van der Waals surface area contributed by atoms with Gasteiger partial charge in [0.1, 0.15) is 46.0 Å². The summed E-state index contributed by atoms with van der Waals surface area (Å²) in [6, 6.07) is 5.43. The van der Waals surface area contributed by atoms with Gasteiger partial charge >= 0.3 is 0 Å². The molecular formula is C22H16ClF2N9O. The highest BCUT2D eigenvalue weighted by Gasteiger charge is 2.53. The third-order valence-corrected chi connectivity index (χ3v) is 6.33. The molecule has 1 aliphatic carbocycles. The van der Waals surface area contributed by atoms with E-state index in [9.17, 15) is 18.8 Å². The number of aromatic nitrogens is 5. The van der Waals surface area contributed by atoms with E-state index in [-0.39, 0.29) is 50.6 Å². The fourth-order valence-electron chi connectivity index (χ4n) is 4.16. The average molecular weight is 496 g/mol. The second kappa shape index (κ2) is 7.85. The van der Waals surface area contributed by atoms with Gasteiger partial charge in [0.15, 0.2) is 5.82 Å². The van der Waals surface area contributed by atoms with Crippen LogP contribution in [0.15, 0.2) is 35.4 Å². The molecule has 1 aliphatic rings. The van der Waals surface area contributed by atoms with E-state index in [0.29, 0.717) is 12.8 Å². The first-order valence-corrected chi connectivity index (χ1v) is 10.6.